The van der Waals surface area contributed by atoms with Crippen LogP contribution >= 0.6 is 11.8 Å². The Bertz CT molecular complexity index is 341. The van der Waals surface area contributed by atoms with Gasteiger partial charge in [-0.2, -0.15) is 0 Å². The molecule has 3 nitrogen and oxygen atoms in total. The van der Waals surface area contributed by atoms with Gasteiger partial charge in [-0.25, -0.2) is 4.98 Å². The van der Waals surface area contributed by atoms with Crippen LogP contribution in [-0.2, 0) is 9.53 Å². The van der Waals surface area contributed by atoms with Crippen LogP contribution in [0.5, 0.6) is 0 Å². The second-order valence-electron chi connectivity index (χ2n) is 3.41. The molecule has 0 aliphatic rings. The van der Waals surface area contributed by atoms with Crippen LogP contribution in [0.2, 0.25) is 0 Å². The third-order valence-corrected chi connectivity index (χ3v) is 3.16. The van der Waals surface area contributed by atoms with E-state index in [-0.39, 0.29) is 11.9 Å². The summed E-state index contributed by atoms with van der Waals surface area (Å²) in [6.07, 6.45) is 1.78. The third kappa shape index (κ3) is 3.91. The van der Waals surface area contributed by atoms with E-state index in [9.17, 15) is 4.79 Å². The van der Waals surface area contributed by atoms with Gasteiger partial charge in [-0.3, -0.25) is 4.79 Å². The molecule has 0 saturated heterocycles. The lowest BCUT2D eigenvalue weighted by molar-refractivity contribution is -0.143. The van der Waals surface area contributed by atoms with Crippen molar-refractivity contribution in [2.75, 3.05) is 12.9 Å². The summed E-state index contributed by atoms with van der Waals surface area (Å²) in [4.78, 5) is 15.4. The Balaban J connectivity index is 2.47. The van der Waals surface area contributed by atoms with Gasteiger partial charge in [0.2, 0.25) is 0 Å². The first-order chi connectivity index (χ1) is 7.13. The Hall–Kier alpha value is -1.03. The molecule has 0 aromatic carbocycles. The summed E-state index contributed by atoms with van der Waals surface area (Å²) in [5.74, 6) is 0.431. The predicted octanol–water partition coefficient (Wildman–Crippen LogP) is 2.29. The van der Waals surface area contributed by atoms with Crippen molar-refractivity contribution in [1.82, 2.24) is 4.98 Å². The molecule has 0 aliphatic carbocycles. The molecular weight excluding hydrogens is 210 g/mol. The van der Waals surface area contributed by atoms with E-state index >= 15 is 0 Å². The standard InChI is InChI=1S/C11H15NO2S/c1-8-4-5-12-10(6-8)15-7-9(2)11(13)14-3/h4-6,9H,7H2,1-3H3. The molecule has 1 aromatic heterocycles. The van der Waals surface area contributed by atoms with Crippen molar-refractivity contribution in [3.05, 3.63) is 23.9 Å². The molecule has 0 amide bonds. The Morgan fingerprint density at radius 1 is 1.67 bits per heavy atom. The highest BCUT2D eigenvalue weighted by Crippen LogP contribution is 2.19. The minimum absolute atomic E-state index is 0.0951. The Kier molecular flexibility index (Phi) is 4.62. The zero-order valence-corrected chi connectivity index (χ0v) is 10.0. The van der Waals surface area contributed by atoms with Gasteiger partial charge in [-0.05, 0) is 24.6 Å². The van der Waals surface area contributed by atoms with Crippen LogP contribution < -0.4 is 0 Å². The van der Waals surface area contributed by atoms with Gasteiger partial charge in [0.25, 0.3) is 0 Å². The monoisotopic (exact) mass is 225 g/mol. The van der Waals surface area contributed by atoms with E-state index in [1.807, 2.05) is 26.0 Å². The van der Waals surface area contributed by atoms with E-state index < -0.39 is 0 Å². The molecule has 1 atom stereocenters. The van der Waals surface area contributed by atoms with Gasteiger partial charge in [0, 0.05) is 11.9 Å². The minimum atomic E-state index is -0.171. The Morgan fingerprint density at radius 3 is 3.00 bits per heavy atom. The number of carbonyl (C=O) groups is 1. The zero-order valence-electron chi connectivity index (χ0n) is 9.19. The Labute approximate surface area is 94.2 Å². The van der Waals surface area contributed by atoms with Crippen LogP contribution in [0.25, 0.3) is 0 Å². The molecule has 1 unspecified atom stereocenters. The van der Waals surface area contributed by atoms with Crippen LogP contribution in [-0.4, -0.2) is 23.8 Å². The normalized spacial score (nSPS) is 12.2. The number of pyridine rings is 1. The maximum absolute atomic E-state index is 11.1. The van der Waals surface area contributed by atoms with Gasteiger partial charge in [-0.1, -0.05) is 6.92 Å². The van der Waals surface area contributed by atoms with E-state index in [1.165, 1.54) is 12.7 Å². The van der Waals surface area contributed by atoms with Crippen LogP contribution in [0.4, 0.5) is 0 Å². The van der Waals surface area contributed by atoms with Crippen molar-refractivity contribution in [2.45, 2.75) is 18.9 Å². The average molecular weight is 225 g/mol. The number of nitrogens with zero attached hydrogens (tertiary/aromatic N) is 1. The zero-order chi connectivity index (χ0) is 11.3. The van der Waals surface area contributed by atoms with Crippen molar-refractivity contribution in [3.8, 4) is 0 Å². The lowest BCUT2D eigenvalue weighted by Gasteiger charge is -2.07. The van der Waals surface area contributed by atoms with Gasteiger partial charge in [-0.15, -0.1) is 11.8 Å². The number of carbonyl (C=O) groups excluding carboxylic acids is 1. The van der Waals surface area contributed by atoms with Gasteiger partial charge < -0.3 is 4.74 Å². The number of hydrogen-bond acceptors (Lipinski definition) is 4. The molecule has 0 saturated carbocycles. The highest BCUT2D eigenvalue weighted by atomic mass is 32.2. The summed E-state index contributed by atoms with van der Waals surface area (Å²) in [5.41, 5.74) is 1.18. The van der Waals surface area contributed by atoms with Crippen molar-refractivity contribution in [1.29, 1.82) is 0 Å². The van der Waals surface area contributed by atoms with Gasteiger partial charge in [0.1, 0.15) is 0 Å². The van der Waals surface area contributed by atoms with Crippen LogP contribution in [0.1, 0.15) is 12.5 Å². The number of methoxy groups -OCH3 is 1. The molecule has 0 aliphatic heterocycles. The summed E-state index contributed by atoms with van der Waals surface area (Å²) in [6, 6.07) is 3.96. The summed E-state index contributed by atoms with van der Waals surface area (Å²) in [5, 5.41) is 0.950. The van der Waals surface area contributed by atoms with E-state index in [1.54, 1.807) is 18.0 Å². The van der Waals surface area contributed by atoms with E-state index in [0.29, 0.717) is 5.75 Å². The predicted molar refractivity (Wildman–Crippen MR) is 60.9 cm³/mol. The van der Waals surface area contributed by atoms with Gasteiger partial charge in [0.15, 0.2) is 0 Å². The topological polar surface area (TPSA) is 39.2 Å². The molecule has 0 bridgehead atoms. The maximum Gasteiger partial charge on any atom is 0.309 e. The van der Waals surface area contributed by atoms with Crippen molar-refractivity contribution in [3.63, 3.8) is 0 Å². The summed E-state index contributed by atoms with van der Waals surface area (Å²) in [7, 11) is 1.41. The first-order valence-electron chi connectivity index (χ1n) is 4.76. The quantitative estimate of drug-likeness (QED) is 0.582. The lowest BCUT2D eigenvalue weighted by atomic mass is 10.2. The number of hydrogen-bond donors (Lipinski definition) is 0. The molecule has 82 valence electrons. The number of esters is 1. The second-order valence-corrected chi connectivity index (χ2v) is 4.45. The Morgan fingerprint density at radius 2 is 2.40 bits per heavy atom. The molecule has 1 aromatic rings. The van der Waals surface area contributed by atoms with E-state index in [4.69, 9.17) is 0 Å². The number of ether oxygens (including phenoxy) is 1. The second kappa shape index (κ2) is 5.75. The largest absolute Gasteiger partial charge is 0.469 e. The molecule has 0 fully saturated rings. The van der Waals surface area contributed by atoms with Crippen LogP contribution in [0.15, 0.2) is 23.4 Å². The highest BCUT2D eigenvalue weighted by molar-refractivity contribution is 7.99. The molecule has 4 heteroatoms. The van der Waals surface area contributed by atoms with Crippen molar-refractivity contribution < 1.29 is 9.53 Å². The lowest BCUT2D eigenvalue weighted by Crippen LogP contribution is -2.14. The van der Waals surface area contributed by atoms with Crippen LogP contribution in [0.3, 0.4) is 0 Å². The number of aromatic nitrogens is 1. The fourth-order valence-electron chi connectivity index (χ4n) is 1.07. The molecule has 0 spiro atoms. The summed E-state index contributed by atoms with van der Waals surface area (Å²) < 4.78 is 4.65. The molecule has 1 rings (SSSR count). The van der Waals surface area contributed by atoms with Crippen LogP contribution in [0, 0.1) is 12.8 Å². The van der Waals surface area contributed by atoms with Gasteiger partial charge >= 0.3 is 5.97 Å². The van der Waals surface area contributed by atoms with E-state index in [0.717, 1.165) is 5.03 Å². The summed E-state index contributed by atoms with van der Waals surface area (Å²) in [6.45, 7) is 3.88. The average Bonchev–Trinajstić information content (AvgIpc) is 2.25. The highest BCUT2D eigenvalue weighted by Gasteiger charge is 2.13. The SMILES string of the molecule is COC(=O)C(C)CSc1cc(C)ccn1. The minimum Gasteiger partial charge on any atom is -0.469 e. The fourth-order valence-corrected chi connectivity index (χ4v) is 2.03. The fraction of sp³-hybridized carbons (Fsp3) is 0.455. The first kappa shape index (κ1) is 12.0. The molecule has 15 heavy (non-hydrogen) atoms. The molecule has 0 radical (unpaired) electrons. The van der Waals surface area contributed by atoms with Gasteiger partial charge in [0.05, 0.1) is 18.1 Å². The number of rotatable bonds is 4. The van der Waals surface area contributed by atoms with Crippen molar-refractivity contribution in [2.24, 2.45) is 5.92 Å². The molecule has 1 heterocycles. The number of aryl methyl sites for hydroxylation is 1. The van der Waals surface area contributed by atoms with E-state index in [2.05, 4.69) is 9.72 Å². The molecular formula is C11H15NO2S. The summed E-state index contributed by atoms with van der Waals surface area (Å²) >= 11 is 1.57. The van der Waals surface area contributed by atoms with Crippen molar-refractivity contribution >= 4 is 17.7 Å². The first-order valence-corrected chi connectivity index (χ1v) is 5.75. The number of thioether (sulfide) groups is 1. The maximum atomic E-state index is 11.1. The third-order valence-electron chi connectivity index (χ3n) is 1.98. The smallest absolute Gasteiger partial charge is 0.309 e. The molecule has 0 N–H and O–H groups in total.